The van der Waals surface area contributed by atoms with Gasteiger partial charge in [0.25, 0.3) is 0 Å². The van der Waals surface area contributed by atoms with Crippen molar-refractivity contribution in [3.8, 4) is 5.75 Å². The zero-order chi connectivity index (χ0) is 14.8. The van der Waals surface area contributed by atoms with Gasteiger partial charge in [-0.3, -0.25) is 4.79 Å². The monoisotopic (exact) mass is 301 g/mol. The topological polar surface area (TPSA) is 29.5 Å². The van der Waals surface area contributed by atoms with Gasteiger partial charge in [-0.25, -0.2) is 0 Å². The number of anilines is 1. The number of aldehydes is 1. The van der Waals surface area contributed by atoms with Gasteiger partial charge in [0.05, 0.1) is 17.8 Å². The molecule has 1 aliphatic heterocycles. The Bertz CT molecular complexity index is 684. The molecule has 0 spiro atoms. The highest BCUT2D eigenvalue weighted by Gasteiger charge is 2.19. The van der Waals surface area contributed by atoms with Crippen LogP contribution in [-0.4, -0.2) is 19.9 Å². The molecule has 0 atom stereocenters. The lowest BCUT2D eigenvalue weighted by Crippen LogP contribution is -2.30. The summed E-state index contributed by atoms with van der Waals surface area (Å²) < 4.78 is 5.18. The summed E-state index contributed by atoms with van der Waals surface area (Å²) in [4.78, 5) is 13.2. The normalized spacial score (nSPS) is 13.7. The molecule has 3 rings (SSSR count). The van der Waals surface area contributed by atoms with E-state index in [0.717, 1.165) is 42.8 Å². The lowest BCUT2D eigenvalue weighted by molar-refractivity contribution is 0.112. The van der Waals surface area contributed by atoms with Crippen LogP contribution in [0.1, 0.15) is 21.5 Å². The third-order valence-corrected chi connectivity index (χ3v) is 4.18. The summed E-state index contributed by atoms with van der Waals surface area (Å²) in [5, 5.41) is 0.685. The minimum Gasteiger partial charge on any atom is -0.497 e. The standard InChI is InChI=1S/C17H16ClNO2/c1-21-15-4-5-17(16(18)9-15)19-7-6-13-3-2-12(11-20)8-14(13)10-19/h2-5,8-9,11H,6-7,10H2,1H3. The van der Waals surface area contributed by atoms with Crippen molar-refractivity contribution in [3.05, 3.63) is 58.1 Å². The van der Waals surface area contributed by atoms with Crippen molar-refractivity contribution in [2.45, 2.75) is 13.0 Å². The highest BCUT2D eigenvalue weighted by molar-refractivity contribution is 6.33. The quantitative estimate of drug-likeness (QED) is 0.809. The first-order valence-electron chi connectivity index (χ1n) is 6.86. The van der Waals surface area contributed by atoms with Crippen molar-refractivity contribution in [1.82, 2.24) is 0 Å². The van der Waals surface area contributed by atoms with E-state index in [1.54, 1.807) is 7.11 Å². The first-order chi connectivity index (χ1) is 10.2. The second kappa shape index (κ2) is 5.78. The second-order valence-corrected chi connectivity index (χ2v) is 5.54. The Hall–Kier alpha value is -2.00. The number of methoxy groups -OCH3 is 1. The van der Waals surface area contributed by atoms with Crippen molar-refractivity contribution in [2.24, 2.45) is 0 Å². The van der Waals surface area contributed by atoms with Gasteiger partial charge < -0.3 is 9.64 Å². The van der Waals surface area contributed by atoms with Crippen molar-refractivity contribution in [2.75, 3.05) is 18.6 Å². The fourth-order valence-electron chi connectivity index (χ4n) is 2.73. The number of fused-ring (bicyclic) bond motifs is 1. The molecule has 0 fully saturated rings. The van der Waals surface area contributed by atoms with Crippen molar-refractivity contribution < 1.29 is 9.53 Å². The maximum Gasteiger partial charge on any atom is 0.150 e. The molecule has 0 aromatic heterocycles. The largest absolute Gasteiger partial charge is 0.497 e. The summed E-state index contributed by atoms with van der Waals surface area (Å²) in [6, 6.07) is 11.6. The van der Waals surface area contributed by atoms with Crippen LogP contribution in [0.4, 0.5) is 5.69 Å². The van der Waals surface area contributed by atoms with Crippen molar-refractivity contribution in [1.29, 1.82) is 0 Å². The Morgan fingerprint density at radius 3 is 2.76 bits per heavy atom. The summed E-state index contributed by atoms with van der Waals surface area (Å²) in [6.07, 6.45) is 1.84. The SMILES string of the molecule is COc1ccc(N2CCc3ccc(C=O)cc3C2)c(Cl)c1. The van der Waals surface area contributed by atoms with Crippen LogP contribution in [0.25, 0.3) is 0 Å². The van der Waals surface area contributed by atoms with Gasteiger partial charge in [-0.2, -0.15) is 0 Å². The molecule has 0 amide bonds. The van der Waals surface area contributed by atoms with Gasteiger partial charge in [0, 0.05) is 24.7 Å². The summed E-state index contributed by atoms with van der Waals surface area (Å²) in [5.74, 6) is 0.754. The molecule has 0 radical (unpaired) electrons. The number of benzene rings is 2. The third-order valence-electron chi connectivity index (χ3n) is 3.87. The Kier molecular flexibility index (Phi) is 3.84. The molecule has 108 valence electrons. The molecule has 0 unspecified atom stereocenters. The number of rotatable bonds is 3. The molecule has 3 nitrogen and oxygen atoms in total. The van der Waals surface area contributed by atoms with E-state index < -0.39 is 0 Å². The number of hydrogen-bond acceptors (Lipinski definition) is 3. The number of carbonyl (C=O) groups is 1. The summed E-state index contributed by atoms with van der Waals surface area (Å²) >= 11 is 6.35. The Morgan fingerprint density at radius 2 is 2.05 bits per heavy atom. The molecule has 21 heavy (non-hydrogen) atoms. The molecule has 0 aliphatic carbocycles. The fraction of sp³-hybridized carbons (Fsp3) is 0.235. The minimum atomic E-state index is 0.685. The second-order valence-electron chi connectivity index (χ2n) is 5.13. The number of carbonyl (C=O) groups excluding carboxylic acids is 1. The third kappa shape index (κ3) is 2.74. The molecule has 1 aliphatic rings. The number of ether oxygens (including phenoxy) is 1. The first kappa shape index (κ1) is 14.0. The highest BCUT2D eigenvalue weighted by Crippen LogP contribution is 2.33. The van der Waals surface area contributed by atoms with Gasteiger partial charge in [-0.1, -0.05) is 23.7 Å². The van der Waals surface area contributed by atoms with Crippen molar-refractivity contribution >= 4 is 23.6 Å². The predicted molar refractivity (Wildman–Crippen MR) is 84.6 cm³/mol. The van der Waals surface area contributed by atoms with Crippen LogP contribution in [0.2, 0.25) is 5.02 Å². The first-order valence-corrected chi connectivity index (χ1v) is 7.24. The lowest BCUT2D eigenvalue weighted by atomic mass is 9.97. The Morgan fingerprint density at radius 1 is 1.19 bits per heavy atom. The van der Waals surface area contributed by atoms with Crippen LogP contribution in [0.5, 0.6) is 5.75 Å². The van der Waals surface area contributed by atoms with E-state index in [1.807, 2.05) is 36.4 Å². The zero-order valence-corrected chi connectivity index (χ0v) is 12.6. The van der Waals surface area contributed by atoms with Crippen LogP contribution in [-0.2, 0) is 13.0 Å². The molecular weight excluding hydrogens is 286 g/mol. The number of nitrogens with zero attached hydrogens (tertiary/aromatic N) is 1. The Balaban J connectivity index is 1.90. The van der Waals surface area contributed by atoms with Crippen LogP contribution in [0, 0.1) is 0 Å². The molecule has 1 heterocycles. The maximum absolute atomic E-state index is 10.9. The van der Waals surface area contributed by atoms with Gasteiger partial charge >= 0.3 is 0 Å². The van der Waals surface area contributed by atoms with Gasteiger partial charge in [-0.15, -0.1) is 0 Å². The lowest BCUT2D eigenvalue weighted by Gasteiger charge is -2.31. The summed E-state index contributed by atoms with van der Waals surface area (Å²) in [7, 11) is 1.63. The molecular formula is C17H16ClNO2. The van der Waals surface area contributed by atoms with Crippen LogP contribution in [0.3, 0.4) is 0 Å². The molecule has 2 aromatic carbocycles. The van der Waals surface area contributed by atoms with E-state index >= 15 is 0 Å². The van der Waals surface area contributed by atoms with E-state index in [2.05, 4.69) is 4.90 Å². The molecule has 0 saturated carbocycles. The molecule has 0 bridgehead atoms. The van der Waals surface area contributed by atoms with Gasteiger partial charge in [0.15, 0.2) is 0 Å². The molecule has 2 aromatic rings. The van der Waals surface area contributed by atoms with Crippen molar-refractivity contribution in [3.63, 3.8) is 0 Å². The maximum atomic E-state index is 10.9. The van der Waals surface area contributed by atoms with E-state index in [1.165, 1.54) is 11.1 Å². The zero-order valence-electron chi connectivity index (χ0n) is 11.8. The minimum absolute atomic E-state index is 0.685. The van der Waals surface area contributed by atoms with Crippen LogP contribution >= 0.6 is 11.6 Å². The average molecular weight is 302 g/mol. The summed E-state index contributed by atoms with van der Waals surface area (Å²) in [6.45, 7) is 1.68. The summed E-state index contributed by atoms with van der Waals surface area (Å²) in [5.41, 5.74) is 4.22. The van der Waals surface area contributed by atoms with Gasteiger partial charge in [-0.05, 0) is 35.7 Å². The Labute approximate surface area is 129 Å². The van der Waals surface area contributed by atoms with E-state index in [4.69, 9.17) is 16.3 Å². The van der Waals surface area contributed by atoms with Gasteiger partial charge in [0.1, 0.15) is 12.0 Å². The average Bonchev–Trinajstić information content (AvgIpc) is 2.53. The van der Waals surface area contributed by atoms with E-state index in [0.29, 0.717) is 5.02 Å². The fourth-order valence-corrected chi connectivity index (χ4v) is 3.02. The highest BCUT2D eigenvalue weighted by atomic mass is 35.5. The number of halogens is 1. The van der Waals surface area contributed by atoms with E-state index in [9.17, 15) is 4.79 Å². The van der Waals surface area contributed by atoms with Crippen LogP contribution in [0.15, 0.2) is 36.4 Å². The molecule has 4 heteroatoms. The molecule has 0 saturated heterocycles. The van der Waals surface area contributed by atoms with Crippen LogP contribution < -0.4 is 9.64 Å². The van der Waals surface area contributed by atoms with E-state index in [-0.39, 0.29) is 0 Å². The smallest absolute Gasteiger partial charge is 0.150 e. The molecule has 0 N–H and O–H groups in total. The van der Waals surface area contributed by atoms with Gasteiger partial charge in [0.2, 0.25) is 0 Å². The predicted octanol–water partition coefficient (Wildman–Crippen LogP) is 3.72. The number of hydrogen-bond donors (Lipinski definition) is 0.